The SMILES string of the molecule is CN(CCOc1ccccc1)C(=O)CC(N)C(C)(C)C. The average molecular weight is 278 g/mol. The summed E-state index contributed by atoms with van der Waals surface area (Å²) in [5.74, 6) is 0.879. The minimum absolute atomic E-state index is 0.0585. The van der Waals surface area contributed by atoms with Crippen LogP contribution in [0.15, 0.2) is 30.3 Å². The van der Waals surface area contributed by atoms with Crippen LogP contribution < -0.4 is 10.5 Å². The van der Waals surface area contributed by atoms with Crippen molar-refractivity contribution in [2.75, 3.05) is 20.2 Å². The zero-order chi connectivity index (χ0) is 15.2. The molecule has 0 aliphatic carbocycles. The maximum absolute atomic E-state index is 12.0. The number of rotatable bonds is 6. The predicted octanol–water partition coefficient (Wildman–Crippen LogP) is 2.29. The Morgan fingerprint density at radius 3 is 2.45 bits per heavy atom. The largest absolute Gasteiger partial charge is 0.492 e. The van der Waals surface area contributed by atoms with Crippen molar-refractivity contribution in [3.63, 3.8) is 0 Å². The number of ether oxygens (including phenoxy) is 1. The van der Waals surface area contributed by atoms with Gasteiger partial charge in [0.1, 0.15) is 12.4 Å². The number of nitrogens with zero attached hydrogens (tertiary/aromatic N) is 1. The number of benzene rings is 1. The normalized spacial score (nSPS) is 12.8. The Morgan fingerprint density at radius 1 is 1.30 bits per heavy atom. The van der Waals surface area contributed by atoms with E-state index in [2.05, 4.69) is 0 Å². The number of hydrogen-bond donors (Lipinski definition) is 1. The molecule has 20 heavy (non-hydrogen) atoms. The number of amides is 1. The molecule has 1 aromatic carbocycles. The van der Waals surface area contributed by atoms with Crippen LogP contribution in [0.3, 0.4) is 0 Å². The van der Waals surface area contributed by atoms with Gasteiger partial charge in [0.15, 0.2) is 0 Å². The van der Waals surface area contributed by atoms with E-state index >= 15 is 0 Å². The van der Waals surface area contributed by atoms with E-state index in [9.17, 15) is 4.79 Å². The summed E-state index contributed by atoms with van der Waals surface area (Å²) in [6.07, 6.45) is 0.366. The maximum Gasteiger partial charge on any atom is 0.224 e. The molecule has 0 aromatic heterocycles. The van der Waals surface area contributed by atoms with Crippen molar-refractivity contribution in [1.29, 1.82) is 0 Å². The quantitative estimate of drug-likeness (QED) is 0.868. The van der Waals surface area contributed by atoms with E-state index in [1.54, 1.807) is 11.9 Å². The highest BCUT2D eigenvalue weighted by molar-refractivity contribution is 5.76. The molecule has 0 spiro atoms. The smallest absolute Gasteiger partial charge is 0.224 e. The van der Waals surface area contributed by atoms with Crippen LogP contribution in [0.1, 0.15) is 27.2 Å². The van der Waals surface area contributed by atoms with Gasteiger partial charge in [-0.15, -0.1) is 0 Å². The Morgan fingerprint density at radius 2 is 1.90 bits per heavy atom. The molecule has 0 fully saturated rings. The van der Waals surface area contributed by atoms with Crippen LogP contribution in [-0.4, -0.2) is 37.0 Å². The van der Waals surface area contributed by atoms with E-state index in [0.717, 1.165) is 5.75 Å². The Labute approximate surface area is 121 Å². The number of para-hydroxylation sites is 1. The summed E-state index contributed by atoms with van der Waals surface area (Å²) in [5, 5.41) is 0. The van der Waals surface area contributed by atoms with Crippen molar-refractivity contribution in [3.05, 3.63) is 30.3 Å². The summed E-state index contributed by atoms with van der Waals surface area (Å²) in [6.45, 7) is 7.18. The van der Waals surface area contributed by atoms with Crippen molar-refractivity contribution in [3.8, 4) is 5.75 Å². The van der Waals surface area contributed by atoms with Crippen LogP contribution in [0, 0.1) is 5.41 Å². The second-order valence-corrected chi connectivity index (χ2v) is 6.15. The molecular formula is C16H26N2O2. The molecule has 0 heterocycles. The maximum atomic E-state index is 12.0. The zero-order valence-electron chi connectivity index (χ0n) is 12.9. The molecule has 1 rings (SSSR count). The fraction of sp³-hybridized carbons (Fsp3) is 0.562. The third-order valence-corrected chi connectivity index (χ3v) is 3.37. The minimum Gasteiger partial charge on any atom is -0.492 e. The lowest BCUT2D eigenvalue weighted by Gasteiger charge is -2.28. The highest BCUT2D eigenvalue weighted by atomic mass is 16.5. The van der Waals surface area contributed by atoms with E-state index < -0.39 is 0 Å². The van der Waals surface area contributed by atoms with Crippen LogP contribution in [0.4, 0.5) is 0 Å². The van der Waals surface area contributed by atoms with Crippen LogP contribution in [0.2, 0.25) is 0 Å². The number of carbonyl (C=O) groups excluding carboxylic acids is 1. The molecule has 0 saturated carbocycles. The van der Waals surface area contributed by atoms with Gasteiger partial charge in [-0.05, 0) is 17.5 Å². The first kappa shape index (κ1) is 16.5. The molecule has 1 atom stereocenters. The number of hydrogen-bond acceptors (Lipinski definition) is 3. The Hall–Kier alpha value is -1.55. The van der Waals surface area contributed by atoms with Gasteiger partial charge in [0, 0.05) is 19.5 Å². The predicted molar refractivity (Wildman–Crippen MR) is 81.6 cm³/mol. The van der Waals surface area contributed by atoms with Crippen molar-refractivity contribution >= 4 is 5.91 Å². The fourth-order valence-electron chi connectivity index (χ4n) is 1.59. The Kier molecular flexibility index (Phi) is 6.02. The lowest BCUT2D eigenvalue weighted by Crippen LogP contribution is -2.41. The summed E-state index contributed by atoms with van der Waals surface area (Å²) in [4.78, 5) is 13.7. The van der Waals surface area contributed by atoms with Gasteiger partial charge in [0.2, 0.25) is 5.91 Å². The van der Waals surface area contributed by atoms with Crippen LogP contribution in [-0.2, 0) is 4.79 Å². The van der Waals surface area contributed by atoms with Crippen LogP contribution >= 0.6 is 0 Å². The second kappa shape index (κ2) is 7.29. The third kappa shape index (κ3) is 5.61. The molecule has 112 valence electrons. The Balaban J connectivity index is 2.32. The molecule has 4 nitrogen and oxygen atoms in total. The summed E-state index contributed by atoms with van der Waals surface area (Å²) in [6, 6.07) is 9.46. The highest BCUT2D eigenvalue weighted by Gasteiger charge is 2.24. The third-order valence-electron chi connectivity index (χ3n) is 3.37. The molecule has 1 unspecified atom stereocenters. The molecule has 0 radical (unpaired) electrons. The second-order valence-electron chi connectivity index (χ2n) is 6.15. The van der Waals surface area contributed by atoms with Gasteiger partial charge in [0.05, 0.1) is 6.54 Å². The monoisotopic (exact) mass is 278 g/mol. The lowest BCUT2D eigenvalue weighted by molar-refractivity contribution is -0.131. The highest BCUT2D eigenvalue weighted by Crippen LogP contribution is 2.20. The van der Waals surface area contributed by atoms with Crippen LogP contribution in [0.5, 0.6) is 5.75 Å². The topological polar surface area (TPSA) is 55.6 Å². The van der Waals surface area contributed by atoms with Crippen molar-refractivity contribution in [2.24, 2.45) is 11.1 Å². The Bertz CT molecular complexity index is 412. The van der Waals surface area contributed by atoms with Gasteiger partial charge in [-0.3, -0.25) is 4.79 Å². The number of nitrogens with two attached hydrogens (primary N) is 1. The summed E-state index contributed by atoms with van der Waals surface area (Å²) in [7, 11) is 1.78. The van der Waals surface area contributed by atoms with Crippen molar-refractivity contribution in [2.45, 2.75) is 33.2 Å². The van der Waals surface area contributed by atoms with E-state index in [1.165, 1.54) is 0 Å². The minimum atomic E-state index is -0.132. The molecule has 0 bridgehead atoms. The molecule has 2 N–H and O–H groups in total. The van der Waals surface area contributed by atoms with Crippen molar-refractivity contribution in [1.82, 2.24) is 4.90 Å². The van der Waals surface area contributed by atoms with Gasteiger partial charge >= 0.3 is 0 Å². The standard InChI is InChI=1S/C16H26N2O2/c1-16(2,3)14(17)12-15(19)18(4)10-11-20-13-8-6-5-7-9-13/h5-9,14H,10-12,17H2,1-4H3. The molecule has 0 saturated heterocycles. The zero-order valence-corrected chi connectivity index (χ0v) is 12.9. The molecule has 4 heteroatoms. The first-order valence-corrected chi connectivity index (χ1v) is 6.98. The van der Waals surface area contributed by atoms with E-state index in [4.69, 9.17) is 10.5 Å². The van der Waals surface area contributed by atoms with Gasteiger partial charge in [-0.2, -0.15) is 0 Å². The van der Waals surface area contributed by atoms with Gasteiger partial charge in [0.25, 0.3) is 0 Å². The van der Waals surface area contributed by atoms with E-state index in [1.807, 2.05) is 51.1 Å². The summed E-state index contributed by atoms with van der Waals surface area (Å²) < 4.78 is 5.57. The molecule has 0 aliphatic rings. The lowest BCUT2D eigenvalue weighted by atomic mass is 9.85. The fourth-order valence-corrected chi connectivity index (χ4v) is 1.59. The number of likely N-dealkylation sites (N-methyl/N-ethyl adjacent to an activating group) is 1. The molecular weight excluding hydrogens is 252 g/mol. The van der Waals surface area contributed by atoms with Gasteiger partial charge in [-0.1, -0.05) is 39.0 Å². The van der Waals surface area contributed by atoms with Gasteiger partial charge in [-0.25, -0.2) is 0 Å². The molecule has 0 aliphatic heterocycles. The van der Waals surface area contributed by atoms with Crippen molar-refractivity contribution < 1.29 is 9.53 Å². The summed E-state index contributed by atoms with van der Waals surface area (Å²) in [5.41, 5.74) is 5.97. The van der Waals surface area contributed by atoms with E-state index in [0.29, 0.717) is 19.6 Å². The first-order chi connectivity index (χ1) is 9.30. The first-order valence-electron chi connectivity index (χ1n) is 6.98. The number of carbonyl (C=O) groups is 1. The average Bonchev–Trinajstić information content (AvgIpc) is 2.38. The van der Waals surface area contributed by atoms with Gasteiger partial charge < -0.3 is 15.4 Å². The van der Waals surface area contributed by atoms with E-state index in [-0.39, 0.29) is 17.4 Å². The van der Waals surface area contributed by atoms with Crippen LogP contribution in [0.25, 0.3) is 0 Å². The summed E-state index contributed by atoms with van der Waals surface area (Å²) >= 11 is 0. The molecule has 1 aromatic rings. The molecule has 1 amide bonds.